The van der Waals surface area contributed by atoms with E-state index < -0.39 is 11.7 Å². The van der Waals surface area contributed by atoms with Crippen LogP contribution in [-0.4, -0.2) is 51.6 Å². The van der Waals surface area contributed by atoms with Crippen molar-refractivity contribution in [2.75, 3.05) is 18.2 Å². The van der Waals surface area contributed by atoms with Gasteiger partial charge in [-0.2, -0.15) is 0 Å². The lowest BCUT2D eigenvalue weighted by Gasteiger charge is -2.47. The van der Waals surface area contributed by atoms with E-state index in [1.54, 1.807) is 13.3 Å². The molecule has 1 aromatic heterocycles. The zero-order chi connectivity index (χ0) is 19.3. The van der Waals surface area contributed by atoms with Gasteiger partial charge >= 0.3 is 12.0 Å². The van der Waals surface area contributed by atoms with Gasteiger partial charge in [-0.05, 0) is 38.5 Å². The Hall–Kier alpha value is -1.32. The molecule has 0 radical (unpaired) electrons. The summed E-state index contributed by atoms with van der Waals surface area (Å²) in [5.41, 5.74) is -0.532. The van der Waals surface area contributed by atoms with Crippen molar-refractivity contribution in [3.8, 4) is 0 Å². The van der Waals surface area contributed by atoms with Gasteiger partial charge in [0.05, 0.1) is 16.2 Å². The Kier molecular flexibility index (Phi) is 6.99. The number of nitrogens with one attached hydrogen (secondary N) is 1. The summed E-state index contributed by atoms with van der Waals surface area (Å²) in [5.74, 6) is -0.887. The second kappa shape index (κ2) is 9.25. The number of urea groups is 1. The Morgan fingerprint density at radius 2 is 2.04 bits per heavy atom. The lowest BCUT2D eigenvalue weighted by atomic mass is 9.89. The van der Waals surface area contributed by atoms with E-state index in [0.29, 0.717) is 5.13 Å². The quantitative estimate of drug-likeness (QED) is 0.508. The minimum absolute atomic E-state index is 0.0173. The lowest BCUT2D eigenvalue weighted by molar-refractivity contribution is -0.146. The fourth-order valence-corrected chi connectivity index (χ4v) is 5.74. The first-order chi connectivity index (χ1) is 13.0. The third-order valence-corrected chi connectivity index (χ3v) is 7.49. The van der Waals surface area contributed by atoms with Crippen LogP contribution in [0.1, 0.15) is 57.8 Å². The van der Waals surface area contributed by atoms with Crippen LogP contribution in [0.2, 0.25) is 0 Å². The smallest absolute Gasteiger partial charge is 0.326 e. The molecule has 0 saturated heterocycles. The third-order valence-electron chi connectivity index (χ3n) is 5.40. The summed E-state index contributed by atoms with van der Waals surface area (Å²) in [5, 5.41) is 12.2. The molecule has 2 amide bonds. The SMILES string of the molecule is COC1(N(C(=O)Nc2ncc(SCC(=O)O)s2)C2CCCC2)CCCCC1. The van der Waals surface area contributed by atoms with Crippen LogP contribution in [0.25, 0.3) is 0 Å². The first-order valence-electron chi connectivity index (χ1n) is 9.50. The Morgan fingerprint density at radius 3 is 2.67 bits per heavy atom. The maximum atomic E-state index is 13.2. The number of carboxylic acids is 1. The number of carbonyl (C=O) groups excluding carboxylic acids is 1. The number of carbonyl (C=O) groups is 2. The van der Waals surface area contributed by atoms with Crippen LogP contribution in [0, 0.1) is 0 Å². The molecule has 0 aromatic carbocycles. The highest BCUT2D eigenvalue weighted by Crippen LogP contribution is 2.40. The number of carboxylic acid groups (broad SMARTS) is 1. The predicted octanol–water partition coefficient (Wildman–Crippen LogP) is 4.40. The number of thioether (sulfide) groups is 1. The van der Waals surface area contributed by atoms with Crippen molar-refractivity contribution >= 4 is 40.2 Å². The Bertz CT molecular complexity index is 655. The van der Waals surface area contributed by atoms with Crippen molar-refractivity contribution in [3.05, 3.63) is 6.20 Å². The number of aromatic nitrogens is 1. The van der Waals surface area contributed by atoms with E-state index >= 15 is 0 Å². The van der Waals surface area contributed by atoms with Gasteiger partial charge in [-0.25, -0.2) is 9.78 Å². The largest absolute Gasteiger partial charge is 0.481 e. The zero-order valence-electron chi connectivity index (χ0n) is 15.6. The van der Waals surface area contributed by atoms with Crippen molar-refractivity contribution < 1.29 is 19.4 Å². The molecule has 0 unspecified atom stereocenters. The summed E-state index contributed by atoms with van der Waals surface area (Å²) in [4.78, 5) is 30.1. The van der Waals surface area contributed by atoms with E-state index in [0.717, 1.165) is 55.6 Å². The van der Waals surface area contributed by atoms with Crippen LogP contribution in [0.15, 0.2) is 10.4 Å². The monoisotopic (exact) mass is 413 g/mol. The summed E-state index contributed by atoms with van der Waals surface area (Å²) in [6, 6.07) is 0.0404. The molecule has 2 aliphatic carbocycles. The van der Waals surface area contributed by atoms with Gasteiger partial charge in [-0.1, -0.05) is 30.6 Å². The van der Waals surface area contributed by atoms with Gasteiger partial charge in [-0.15, -0.1) is 11.8 Å². The second-order valence-electron chi connectivity index (χ2n) is 7.12. The van der Waals surface area contributed by atoms with Gasteiger partial charge in [0, 0.05) is 13.2 Å². The highest BCUT2D eigenvalue weighted by molar-refractivity contribution is 8.01. The number of anilines is 1. The maximum Gasteiger partial charge on any atom is 0.326 e. The Labute approximate surface area is 167 Å². The molecule has 2 aliphatic rings. The van der Waals surface area contributed by atoms with Gasteiger partial charge in [0.1, 0.15) is 5.72 Å². The van der Waals surface area contributed by atoms with Crippen molar-refractivity contribution in [2.24, 2.45) is 0 Å². The van der Waals surface area contributed by atoms with Crippen LogP contribution >= 0.6 is 23.1 Å². The van der Waals surface area contributed by atoms with Crippen molar-refractivity contribution in [1.82, 2.24) is 9.88 Å². The number of thiazole rings is 1. The van der Waals surface area contributed by atoms with E-state index in [-0.39, 0.29) is 17.8 Å². The van der Waals surface area contributed by atoms with Crippen molar-refractivity contribution in [1.29, 1.82) is 0 Å². The van der Waals surface area contributed by atoms with Gasteiger partial charge < -0.3 is 9.84 Å². The number of nitrogens with zero attached hydrogens (tertiary/aromatic N) is 2. The number of amides is 2. The second-order valence-corrected chi connectivity index (χ2v) is 9.42. The predicted molar refractivity (Wildman–Crippen MR) is 106 cm³/mol. The topological polar surface area (TPSA) is 91.8 Å². The minimum atomic E-state index is -0.870. The van der Waals surface area contributed by atoms with Crippen LogP contribution in [-0.2, 0) is 9.53 Å². The summed E-state index contributed by atoms with van der Waals surface area (Å²) in [6.45, 7) is 0. The standard InChI is InChI=1S/C18H27N3O4S2/c1-25-18(9-5-2-6-10-18)21(13-7-3-4-8-13)17(24)20-16-19-11-15(27-16)26-12-14(22)23/h11,13H,2-10,12H2,1H3,(H,22,23)(H,19,20,24). The molecular weight excluding hydrogens is 386 g/mol. The molecule has 7 nitrogen and oxygen atoms in total. The molecule has 1 heterocycles. The number of hydrogen-bond acceptors (Lipinski definition) is 6. The minimum Gasteiger partial charge on any atom is -0.481 e. The summed E-state index contributed by atoms with van der Waals surface area (Å²) >= 11 is 2.51. The normalized spacial score (nSPS) is 19.7. The molecule has 2 saturated carbocycles. The van der Waals surface area contributed by atoms with Gasteiger partial charge in [0.2, 0.25) is 0 Å². The number of methoxy groups -OCH3 is 1. The van der Waals surface area contributed by atoms with Crippen LogP contribution in [0.3, 0.4) is 0 Å². The molecule has 2 N–H and O–H groups in total. The lowest BCUT2D eigenvalue weighted by Crippen LogP contribution is -2.59. The van der Waals surface area contributed by atoms with Crippen LogP contribution in [0.4, 0.5) is 9.93 Å². The first-order valence-corrected chi connectivity index (χ1v) is 11.3. The number of hydrogen-bond donors (Lipinski definition) is 2. The first kappa shape index (κ1) is 20.4. The van der Waals surface area contributed by atoms with E-state index in [1.165, 1.54) is 29.5 Å². The average molecular weight is 414 g/mol. The zero-order valence-corrected chi connectivity index (χ0v) is 17.2. The molecule has 0 aliphatic heterocycles. The highest BCUT2D eigenvalue weighted by atomic mass is 32.2. The van der Waals surface area contributed by atoms with E-state index in [2.05, 4.69) is 10.3 Å². The molecule has 0 atom stereocenters. The third kappa shape index (κ3) is 4.94. The number of ether oxygens (including phenoxy) is 1. The summed E-state index contributed by atoms with van der Waals surface area (Å²) < 4.78 is 6.74. The van der Waals surface area contributed by atoms with Gasteiger partial charge in [0.25, 0.3) is 0 Å². The molecule has 27 heavy (non-hydrogen) atoms. The molecular formula is C18H27N3O4S2. The van der Waals surface area contributed by atoms with Gasteiger partial charge in [0.15, 0.2) is 5.13 Å². The molecule has 0 bridgehead atoms. The maximum absolute atomic E-state index is 13.2. The van der Waals surface area contributed by atoms with Crippen molar-refractivity contribution in [2.45, 2.75) is 73.8 Å². The van der Waals surface area contributed by atoms with Crippen LogP contribution < -0.4 is 5.32 Å². The fourth-order valence-electron chi connectivity index (χ4n) is 4.16. The molecule has 2 fully saturated rings. The molecule has 1 aromatic rings. The number of rotatable bonds is 7. The van der Waals surface area contributed by atoms with E-state index in [9.17, 15) is 9.59 Å². The van der Waals surface area contributed by atoms with E-state index in [4.69, 9.17) is 9.84 Å². The molecule has 150 valence electrons. The van der Waals surface area contributed by atoms with E-state index in [1.807, 2.05) is 4.90 Å². The Morgan fingerprint density at radius 1 is 1.33 bits per heavy atom. The number of aliphatic carboxylic acids is 1. The molecule has 3 rings (SSSR count). The average Bonchev–Trinajstić information content (AvgIpc) is 3.33. The fraction of sp³-hybridized carbons (Fsp3) is 0.722. The summed E-state index contributed by atoms with van der Waals surface area (Å²) in [6.07, 6.45) is 11.0. The summed E-state index contributed by atoms with van der Waals surface area (Å²) in [7, 11) is 1.71. The van der Waals surface area contributed by atoms with Gasteiger partial charge in [-0.3, -0.25) is 15.0 Å². The highest BCUT2D eigenvalue weighted by Gasteiger charge is 2.45. The van der Waals surface area contributed by atoms with Crippen molar-refractivity contribution in [3.63, 3.8) is 0 Å². The molecule has 0 spiro atoms. The van der Waals surface area contributed by atoms with Crippen LogP contribution in [0.5, 0.6) is 0 Å². The Balaban J connectivity index is 1.74. The molecule has 9 heteroatoms.